The fourth-order valence-electron chi connectivity index (χ4n) is 4.24. The van der Waals surface area contributed by atoms with Gasteiger partial charge in [-0.3, -0.25) is 19.5 Å². The molecule has 1 aliphatic heterocycles. The van der Waals surface area contributed by atoms with Crippen molar-refractivity contribution in [3.05, 3.63) is 0 Å². The van der Waals surface area contributed by atoms with Crippen molar-refractivity contribution in [1.82, 2.24) is 25.3 Å². The van der Waals surface area contributed by atoms with Gasteiger partial charge in [0, 0.05) is 67.5 Å². The Bertz CT molecular complexity index is 567. The van der Waals surface area contributed by atoms with Crippen molar-refractivity contribution in [1.29, 1.82) is 0 Å². The summed E-state index contributed by atoms with van der Waals surface area (Å²) < 4.78 is 4.95. The number of aliphatic imine (C=N–C) groups is 1. The van der Waals surface area contributed by atoms with Crippen LogP contribution in [-0.4, -0.2) is 113 Å². The fourth-order valence-corrected chi connectivity index (χ4v) is 4.24. The molecule has 9 nitrogen and oxygen atoms in total. The van der Waals surface area contributed by atoms with Crippen LogP contribution in [-0.2, 0) is 14.3 Å². The Labute approximate surface area is 174 Å². The van der Waals surface area contributed by atoms with Crippen LogP contribution in [0.2, 0.25) is 0 Å². The summed E-state index contributed by atoms with van der Waals surface area (Å²) in [4.78, 5) is 35.2. The number of piperazine rings is 1. The van der Waals surface area contributed by atoms with E-state index in [9.17, 15) is 9.59 Å². The molecule has 1 saturated carbocycles. The van der Waals surface area contributed by atoms with Gasteiger partial charge in [-0.25, -0.2) is 0 Å². The lowest BCUT2D eigenvalue weighted by Gasteiger charge is -2.38. The normalized spacial score (nSPS) is 19.9. The maximum absolute atomic E-state index is 12.8. The van der Waals surface area contributed by atoms with Crippen LogP contribution in [0.25, 0.3) is 0 Å². The van der Waals surface area contributed by atoms with Gasteiger partial charge in [0.15, 0.2) is 5.96 Å². The van der Waals surface area contributed by atoms with Crippen LogP contribution in [0.5, 0.6) is 0 Å². The first-order valence-electron chi connectivity index (χ1n) is 10.6. The quantitative estimate of drug-likeness (QED) is 0.321. The first-order valence-corrected chi connectivity index (χ1v) is 10.6. The van der Waals surface area contributed by atoms with Crippen LogP contribution in [0, 0.1) is 5.41 Å². The summed E-state index contributed by atoms with van der Waals surface area (Å²) in [5.41, 5.74) is -0.318. The van der Waals surface area contributed by atoms with Gasteiger partial charge in [-0.15, -0.1) is 0 Å². The molecule has 0 aromatic rings. The predicted molar refractivity (Wildman–Crippen MR) is 114 cm³/mol. The van der Waals surface area contributed by atoms with Crippen LogP contribution in [0.3, 0.4) is 0 Å². The summed E-state index contributed by atoms with van der Waals surface area (Å²) in [5.74, 6) is 1.08. The molecule has 2 amide bonds. The Hall–Kier alpha value is -1.87. The van der Waals surface area contributed by atoms with Gasteiger partial charge in [0.2, 0.25) is 11.8 Å². The highest BCUT2D eigenvalue weighted by atomic mass is 16.5. The van der Waals surface area contributed by atoms with Crippen molar-refractivity contribution in [3.8, 4) is 0 Å². The molecule has 0 atom stereocenters. The molecule has 2 fully saturated rings. The van der Waals surface area contributed by atoms with E-state index in [4.69, 9.17) is 4.74 Å². The minimum absolute atomic E-state index is 0.0309. The number of hydrogen-bond donors (Lipinski definition) is 2. The second-order valence-electron chi connectivity index (χ2n) is 8.19. The zero-order valence-electron chi connectivity index (χ0n) is 18.5. The molecule has 0 bridgehead atoms. The molecule has 2 rings (SSSR count). The van der Waals surface area contributed by atoms with Gasteiger partial charge >= 0.3 is 0 Å². The SMILES string of the molecule is CN=C(NCC1(C(=O)N(C)C)CCCC1)N1CCN(CC(=O)NCCOC)CC1. The molecule has 2 aliphatic rings. The molecular formula is C20H38N6O3. The summed E-state index contributed by atoms with van der Waals surface area (Å²) in [6.45, 7) is 5.32. The van der Waals surface area contributed by atoms with Crippen LogP contribution < -0.4 is 10.6 Å². The number of methoxy groups -OCH3 is 1. The zero-order valence-corrected chi connectivity index (χ0v) is 18.5. The molecule has 1 aliphatic carbocycles. The Balaban J connectivity index is 1.81. The van der Waals surface area contributed by atoms with Crippen molar-refractivity contribution in [2.45, 2.75) is 25.7 Å². The van der Waals surface area contributed by atoms with E-state index in [1.165, 1.54) is 0 Å². The van der Waals surface area contributed by atoms with Gasteiger partial charge in [-0.2, -0.15) is 0 Å². The molecule has 0 aromatic carbocycles. The van der Waals surface area contributed by atoms with E-state index in [1.54, 1.807) is 19.1 Å². The first kappa shape index (κ1) is 23.4. The lowest BCUT2D eigenvalue weighted by molar-refractivity contribution is -0.138. The summed E-state index contributed by atoms with van der Waals surface area (Å²) in [5, 5.41) is 6.32. The number of guanidine groups is 1. The van der Waals surface area contributed by atoms with Crippen molar-refractivity contribution in [2.24, 2.45) is 10.4 Å². The van der Waals surface area contributed by atoms with E-state index in [-0.39, 0.29) is 17.2 Å². The highest BCUT2D eigenvalue weighted by molar-refractivity contribution is 5.85. The molecule has 0 spiro atoms. The van der Waals surface area contributed by atoms with Crippen molar-refractivity contribution in [2.75, 3.05) is 80.7 Å². The number of hydrogen-bond acceptors (Lipinski definition) is 5. The molecule has 1 heterocycles. The van der Waals surface area contributed by atoms with Crippen LogP contribution in [0.4, 0.5) is 0 Å². The summed E-state index contributed by atoms with van der Waals surface area (Å²) in [7, 11) is 7.08. The van der Waals surface area contributed by atoms with Gasteiger partial charge in [0.1, 0.15) is 0 Å². The van der Waals surface area contributed by atoms with Crippen molar-refractivity contribution < 1.29 is 14.3 Å². The largest absolute Gasteiger partial charge is 0.383 e. The van der Waals surface area contributed by atoms with Gasteiger partial charge in [0.05, 0.1) is 18.6 Å². The maximum Gasteiger partial charge on any atom is 0.234 e. The molecule has 0 radical (unpaired) electrons. The Morgan fingerprint density at radius 3 is 2.31 bits per heavy atom. The van der Waals surface area contributed by atoms with E-state index < -0.39 is 0 Å². The third kappa shape index (κ3) is 6.57. The van der Waals surface area contributed by atoms with E-state index >= 15 is 0 Å². The highest BCUT2D eigenvalue weighted by Crippen LogP contribution is 2.38. The summed E-state index contributed by atoms with van der Waals surface area (Å²) >= 11 is 0. The van der Waals surface area contributed by atoms with Gasteiger partial charge in [-0.05, 0) is 12.8 Å². The van der Waals surface area contributed by atoms with Crippen molar-refractivity contribution >= 4 is 17.8 Å². The molecule has 9 heteroatoms. The van der Waals surface area contributed by atoms with Crippen LogP contribution in [0.1, 0.15) is 25.7 Å². The van der Waals surface area contributed by atoms with Gasteiger partial charge < -0.3 is 25.2 Å². The molecule has 0 unspecified atom stereocenters. The fraction of sp³-hybridized carbons (Fsp3) is 0.850. The predicted octanol–water partition coefficient (Wildman–Crippen LogP) is -0.409. The average molecular weight is 411 g/mol. The monoisotopic (exact) mass is 410 g/mol. The summed E-state index contributed by atoms with van der Waals surface area (Å²) in [6.07, 6.45) is 4.07. The van der Waals surface area contributed by atoms with Gasteiger partial charge in [0.25, 0.3) is 0 Å². The standard InChI is InChI=1S/C20H38N6O3/c1-21-19(23-16-20(7-5-6-8-20)18(28)24(2)3)26-12-10-25(11-13-26)15-17(27)22-9-14-29-4/h5-16H2,1-4H3,(H,21,23)(H,22,27). The van der Waals surface area contributed by atoms with E-state index in [2.05, 4.69) is 25.4 Å². The number of carbonyl (C=O) groups is 2. The van der Waals surface area contributed by atoms with E-state index in [1.807, 2.05) is 14.1 Å². The van der Waals surface area contributed by atoms with Crippen LogP contribution in [0.15, 0.2) is 4.99 Å². The number of nitrogens with zero attached hydrogens (tertiary/aromatic N) is 4. The third-order valence-electron chi connectivity index (χ3n) is 5.88. The molecule has 0 aromatic heterocycles. The molecular weight excluding hydrogens is 372 g/mol. The zero-order chi connectivity index (χ0) is 21.3. The molecule has 166 valence electrons. The molecule has 1 saturated heterocycles. The Morgan fingerprint density at radius 2 is 1.76 bits per heavy atom. The topological polar surface area (TPSA) is 89.5 Å². The van der Waals surface area contributed by atoms with Crippen LogP contribution >= 0.6 is 0 Å². The van der Waals surface area contributed by atoms with Gasteiger partial charge in [-0.1, -0.05) is 12.8 Å². The first-order chi connectivity index (χ1) is 13.9. The second kappa shape index (κ2) is 11.3. The Kier molecular flexibility index (Phi) is 9.16. The smallest absolute Gasteiger partial charge is 0.234 e. The maximum atomic E-state index is 12.8. The average Bonchev–Trinajstić information content (AvgIpc) is 3.19. The molecule has 29 heavy (non-hydrogen) atoms. The number of ether oxygens (including phenoxy) is 1. The van der Waals surface area contributed by atoms with Crippen molar-refractivity contribution in [3.63, 3.8) is 0 Å². The lowest BCUT2D eigenvalue weighted by atomic mass is 9.84. The highest BCUT2D eigenvalue weighted by Gasteiger charge is 2.42. The third-order valence-corrected chi connectivity index (χ3v) is 5.88. The minimum atomic E-state index is -0.318. The Morgan fingerprint density at radius 1 is 1.10 bits per heavy atom. The number of nitrogens with one attached hydrogen (secondary N) is 2. The summed E-state index contributed by atoms with van der Waals surface area (Å²) in [6, 6.07) is 0. The lowest BCUT2D eigenvalue weighted by Crippen LogP contribution is -2.56. The van der Waals surface area contributed by atoms with E-state index in [0.29, 0.717) is 26.2 Å². The number of rotatable bonds is 8. The number of carbonyl (C=O) groups excluding carboxylic acids is 2. The molecule has 2 N–H and O–H groups in total. The van der Waals surface area contributed by atoms with E-state index in [0.717, 1.165) is 57.8 Å². The number of amides is 2. The minimum Gasteiger partial charge on any atom is -0.383 e. The second-order valence-corrected chi connectivity index (χ2v) is 8.19.